The third-order valence-electron chi connectivity index (χ3n) is 4.58. The van der Waals surface area contributed by atoms with E-state index in [9.17, 15) is 14.7 Å². The van der Waals surface area contributed by atoms with Gasteiger partial charge in [0.2, 0.25) is 5.43 Å². The van der Waals surface area contributed by atoms with Crippen LogP contribution in [0, 0.1) is 0 Å². The van der Waals surface area contributed by atoms with Crippen LogP contribution in [0.25, 0.3) is 11.0 Å². The maximum atomic E-state index is 12.4. The van der Waals surface area contributed by atoms with E-state index in [4.69, 9.17) is 5.73 Å². The van der Waals surface area contributed by atoms with Crippen LogP contribution < -0.4 is 16.1 Å². The van der Waals surface area contributed by atoms with Crippen molar-refractivity contribution in [2.24, 2.45) is 5.73 Å². The van der Waals surface area contributed by atoms with E-state index in [2.05, 4.69) is 9.88 Å². The van der Waals surface area contributed by atoms with E-state index in [1.165, 1.54) is 6.20 Å². The molecular formula is C16H18N4O3. The van der Waals surface area contributed by atoms with E-state index in [-0.39, 0.29) is 17.6 Å². The highest BCUT2D eigenvalue weighted by molar-refractivity contribution is 5.92. The third kappa shape index (κ3) is 2.37. The van der Waals surface area contributed by atoms with Crippen molar-refractivity contribution >= 4 is 22.8 Å². The quantitative estimate of drug-likeness (QED) is 0.875. The van der Waals surface area contributed by atoms with E-state index >= 15 is 0 Å². The fourth-order valence-electron chi connectivity index (χ4n) is 3.17. The average Bonchev–Trinajstić information content (AvgIpc) is 3.28. The smallest absolute Gasteiger partial charge is 0.341 e. The van der Waals surface area contributed by atoms with Crippen molar-refractivity contribution in [2.75, 3.05) is 18.0 Å². The Morgan fingerprint density at radius 1 is 1.30 bits per heavy atom. The monoisotopic (exact) mass is 314 g/mol. The van der Waals surface area contributed by atoms with E-state index in [0.29, 0.717) is 11.0 Å². The lowest BCUT2D eigenvalue weighted by Crippen LogP contribution is -2.27. The summed E-state index contributed by atoms with van der Waals surface area (Å²) in [7, 11) is 0. The number of hydrogen-bond acceptors (Lipinski definition) is 5. The normalized spacial score (nSPS) is 21.1. The second kappa shape index (κ2) is 5.06. The molecule has 1 unspecified atom stereocenters. The van der Waals surface area contributed by atoms with Crippen LogP contribution in [0.3, 0.4) is 0 Å². The standard InChI is InChI=1S/C16H18N4O3/c17-9-5-6-19(7-9)13-4-3-11-14(21)12(16(22)23)8-20(10-1-2-10)15(11)18-13/h3-4,8-10H,1-2,5-7,17H2,(H,22,23). The second-order valence-corrected chi connectivity index (χ2v) is 6.35. The minimum absolute atomic E-state index is 0.146. The molecule has 2 aliphatic rings. The van der Waals surface area contributed by atoms with Crippen molar-refractivity contribution in [1.82, 2.24) is 9.55 Å². The summed E-state index contributed by atoms with van der Waals surface area (Å²) in [5, 5.41) is 9.62. The molecule has 7 heteroatoms. The molecule has 1 saturated carbocycles. The molecule has 7 nitrogen and oxygen atoms in total. The number of nitrogens with two attached hydrogens (primary N) is 1. The number of rotatable bonds is 3. The van der Waals surface area contributed by atoms with Gasteiger partial charge in [0.25, 0.3) is 0 Å². The predicted octanol–water partition coefficient (Wildman–Crippen LogP) is 0.967. The maximum Gasteiger partial charge on any atom is 0.341 e. The minimum atomic E-state index is -1.19. The molecule has 1 aliphatic carbocycles. The van der Waals surface area contributed by atoms with Crippen molar-refractivity contribution in [3.05, 3.63) is 34.1 Å². The van der Waals surface area contributed by atoms with Gasteiger partial charge in [-0.05, 0) is 31.4 Å². The Morgan fingerprint density at radius 2 is 2.09 bits per heavy atom. The van der Waals surface area contributed by atoms with Gasteiger partial charge < -0.3 is 20.3 Å². The Labute approximate surface area is 132 Å². The number of fused-ring (bicyclic) bond motifs is 1. The summed E-state index contributed by atoms with van der Waals surface area (Å²) in [5.74, 6) is -0.400. The predicted molar refractivity (Wildman–Crippen MR) is 86.0 cm³/mol. The topological polar surface area (TPSA) is 101 Å². The lowest BCUT2D eigenvalue weighted by molar-refractivity contribution is 0.0695. The molecule has 2 aromatic heterocycles. The molecule has 1 aliphatic heterocycles. The summed E-state index contributed by atoms with van der Waals surface area (Å²) >= 11 is 0. The number of carbonyl (C=O) groups is 1. The molecule has 1 saturated heterocycles. The first-order chi connectivity index (χ1) is 11.0. The molecular weight excluding hydrogens is 296 g/mol. The average molecular weight is 314 g/mol. The van der Waals surface area contributed by atoms with Gasteiger partial charge in [-0.3, -0.25) is 4.79 Å². The summed E-state index contributed by atoms with van der Waals surface area (Å²) in [6.45, 7) is 1.60. The van der Waals surface area contributed by atoms with Crippen molar-refractivity contribution in [2.45, 2.75) is 31.3 Å². The van der Waals surface area contributed by atoms with Crippen LogP contribution in [-0.4, -0.2) is 39.8 Å². The highest BCUT2D eigenvalue weighted by atomic mass is 16.4. The maximum absolute atomic E-state index is 12.4. The van der Waals surface area contributed by atoms with Gasteiger partial charge in [0.1, 0.15) is 17.0 Å². The Morgan fingerprint density at radius 3 is 2.70 bits per heavy atom. The first kappa shape index (κ1) is 14.2. The first-order valence-electron chi connectivity index (χ1n) is 7.84. The third-order valence-corrected chi connectivity index (χ3v) is 4.58. The Kier molecular flexibility index (Phi) is 3.12. The lowest BCUT2D eigenvalue weighted by Gasteiger charge is -2.18. The van der Waals surface area contributed by atoms with Crippen LogP contribution in [0.5, 0.6) is 0 Å². The van der Waals surface area contributed by atoms with Crippen LogP contribution in [0.15, 0.2) is 23.1 Å². The molecule has 0 spiro atoms. The SMILES string of the molecule is NC1CCN(c2ccc3c(=O)c(C(=O)O)cn(C4CC4)c3n2)C1. The number of carboxylic acids is 1. The summed E-state index contributed by atoms with van der Waals surface area (Å²) in [6.07, 6.45) is 4.33. The van der Waals surface area contributed by atoms with Crippen LogP contribution in [0.2, 0.25) is 0 Å². The van der Waals surface area contributed by atoms with Gasteiger partial charge in [-0.15, -0.1) is 0 Å². The van der Waals surface area contributed by atoms with Crippen molar-refractivity contribution in [1.29, 1.82) is 0 Å². The van der Waals surface area contributed by atoms with Crippen LogP contribution in [0.4, 0.5) is 5.82 Å². The molecule has 1 atom stereocenters. The minimum Gasteiger partial charge on any atom is -0.477 e. The highest BCUT2D eigenvalue weighted by Crippen LogP contribution is 2.37. The molecule has 3 heterocycles. The molecule has 120 valence electrons. The van der Waals surface area contributed by atoms with Gasteiger partial charge in [-0.25, -0.2) is 9.78 Å². The van der Waals surface area contributed by atoms with Crippen LogP contribution in [-0.2, 0) is 0 Å². The number of aromatic carboxylic acids is 1. The number of anilines is 1. The van der Waals surface area contributed by atoms with Crippen LogP contribution >= 0.6 is 0 Å². The summed E-state index contributed by atoms with van der Waals surface area (Å²) < 4.78 is 1.85. The lowest BCUT2D eigenvalue weighted by atomic mass is 10.2. The van der Waals surface area contributed by atoms with Gasteiger partial charge in [0, 0.05) is 31.4 Å². The van der Waals surface area contributed by atoms with Crippen molar-refractivity contribution in [3.8, 4) is 0 Å². The molecule has 2 aromatic rings. The zero-order valence-electron chi connectivity index (χ0n) is 12.6. The van der Waals surface area contributed by atoms with E-state index in [1.54, 1.807) is 12.1 Å². The summed E-state index contributed by atoms with van der Waals surface area (Å²) in [6, 6.07) is 3.85. The molecule has 0 aromatic carbocycles. The molecule has 3 N–H and O–H groups in total. The van der Waals surface area contributed by atoms with Gasteiger partial charge in [0.15, 0.2) is 0 Å². The molecule has 23 heavy (non-hydrogen) atoms. The Hall–Kier alpha value is -2.41. The van der Waals surface area contributed by atoms with Gasteiger partial charge >= 0.3 is 5.97 Å². The summed E-state index contributed by atoms with van der Waals surface area (Å²) in [4.78, 5) is 30.5. The number of pyridine rings is 2. The second-order valence-electron chi connectivity index (χ2n) is 6.35. The Balaban J connectivity index is 1.90. The van der Waals surface area contributed by atoms with E-state index < -0.39 is 11.4 Å². The van der Waals surface area contributed by atoms with Gasteiger partial charge in [-0.2, -0.15) is 0 Å². The van der Waals surface area contributed by atoms with Crippen LogP contribution in [0.1, 0.15) is 35.7 Å². The number of aromatic nitrogens is 2. The molecule has 4 rings (SSSR count). The fraction of sp³-hybridized carbons (Fsp3) is 0.438. The zero-order chi connectivity index (χ0) is 16.1. The highest BCUT2D eigenvalue weighted by Gasteiger charge is 2.28. The number of nitrogens with zero attached hydrogens (tertiary/aromatic N) is 3. The van der Waals surface area contributed by atoms with Crippen molar-refractivity contribution in [3.63, 3.8) is 0 Å². The zero-order valence-corrected chi connectivity index (χ0v) is 12.6. The van der Waals surface area contributed by atoms with Gasteiger partial charge in [-0.1, -0.05) is 0 Å². The largest absolute Gasteiger partial charge is 0.477 e. The fourth-order valence-corrected chi connectivity index (χ4v) is 3.17. The first-order valence-corrected chi connectivity index (χ1v) is 7.84. The molecule has 0 amide bonds. The molecule has 0 bridgehead atoms. The summed E-state index contributed by atoms with van der Waals surface area (Å²) in [5.41, 5.74) is 5.86. The number of hydrogen-bond donors (Lipinski definition) is 2. The van der Waals surface area contributed by atoms with E-state index in [0.717, 1.165) is 38.2 Å². The molecule has 0 radical (unpaired) electrons. The van der Waals surface area contributed by atoms with Gasteiger partial charge in [0.05, 0.1) is 5.39 Å². The molecule has 2 fully saturated rings. The van der Waals surface area contributed by atoms with E-state index in [1.807, 2.05) is 4.57 Å². The Bertz CT molecular complexity index is 856. The number of carboxylic acid groups (broad SMARTS) is 1. The van der Waals surface area contributed by atoms with Crippen molar-refractivity contribution < 1.29 is 9.90 Å².